The first-order chi connectivity index (χ1) is 8.16. The molecule has 0 saturated carbocycles. The van der Waals surface area contributed by atoms with Crippen molar-refractivity contribution >= 4 is 27.7 Å². The zero-order valence-corrected chi connectivity index (χ0v) is 11.8. The Morgan fingerprint density at radius 3 is 2.59 bits per heavy atom. The first-order valence-corrected chi connectivity index (χ1v) is 6.90. The Hall–Kier alpha value is -0.840. The van der Waals surface area contributed by atoms with Gasteiger partial charge in [0.15, 0.2) is 0 Å². The van der Waals surface area contributed by atoms with Crippen LogP contribution < -0.4 is 5.73 Å². The molecule has 0 aliphatic rings. The van der Waals surface area contributed by atoms with Crippen molar-refractivity contribution in [3.8, 4) is 0 Å². The summed E-state index contributed by atoms with van der Waals surface area (Å²) in [5, 5.41) is 0. The van der Waals surface area contributed by atoms with Crippen molar-refractivity contribution in [3.05, 3.63) is 52.8 Å². The molecule has 1 heterocycles. The molecule has 0 amide bonds. The standard InChI is InChI=1S/C13H13BrN2S/c1-9(15)12-3-2-10(14)8-13(12)17-11-4-6-16-7-5-11/h2-9H,15H2,1H3. The highest BCUT2D eigenvalue weighted by Gasteiger charge is 2.08. The van der Waals surface area contributed by atoms with Crippen LogP contribution in [0.3, 0.4) is 0 Å². The number of pyridine rings is 1. The predicted molar refractivity (Wildman–Crippen MR) is 75.1 cm³/mol. The average molecular weight is 309 g/mol. The molecule has 1 aromatic heterocycles. The zero-order valence-electron chi connectivity index (χ0n) is 9.43. The number of aromatic nitrogens is 1. The van der Waals surface area contributed by atoms with Gasteiger partial charge in [-0.3, -0.25) is 4.98 Å². The fourth-order valence-electron chi connectivity index (χ4n) is 1.51. The van der Waals surface area contributed by atoms with Gasteiger partial charge in [-0.2, -0.15) is 0 Å². The van der Waals surface area contributed by atoms with Crippen LogP contribution in [-0.4, -0.2) is 4.98 Å². The van der Waals surface area contributed by atoms with Crippen LogP contribution in [0.25, 0.3) is 0 Å². The summed E-state index contributed by atoms with van der Waals surface area (Å²) >= 11 is 5.20. The number of hydrogen-bond donors (Lipinski definition) is 1. The molecule has 2 rings (SSSR count). The highest BCUT2D eigenvalue weighted by Crippen LogP contribution is 2.34. The Labute approximate surface area is 114 Å². The van der Waals surface area contributed by atoms with Crippen LogP contribution in [0.1, 0.15) is 18.5 Å². The van der Waals surface area contributed by atoms with Crippen LogP contribution in [0.5, 0.6) is 0 Å². The summed E-state index contributed by atoms with van der Waals surface area (Å²) in [5.74, 6) is 0. The van der Waals surface area contributed by atoms with Gasteiger partial charge in [0.25, 0.3) is 0 Å². The number of rotatable bonds is 3. The Morgan fingerprint density at radius 2 is 1.94 bits per heavy atom. The SMILES string of the molecule is CC(N)c1ccc(Br)cc1Sc1ccncc1. The molecule has 0 fully saturated rings. The fourth-order valence-corrected chi connectivity index (χ4v) is 3.09. The molecular formula is C13H13BrN2S. The van der Waals surface area contributed by atoms with Crippen molar-refractivity contribution in [2.24, 2.45) is 5.73 Å². The van der Waals surface area contributed by atoms with Crippen LogP contribution in [0, 0.1) is 0 Å². The van der Waals surface area contributed by atoms with E-state index in [2.05, 4.69) is 33.0 Å². The second-order valence-electron chi connectivity index (χ2n) is 3.76. The first-order valence-electron chi connectivity index (χ1n) is 5.30. The maximum absolute atomic E-state index is 5.98. The van der Waals surface area contributed by atoms with Crippen molar-refractivity contribution in [2.45, 2.75) is 22.8 Å². The summed E-state index contributed by atoms with van der Waals surface area (Å²) in [6.45, 7) is 2.00. The molecule has 2 nitrogen and oxygen atoms in total. The molecule has 17 heavy (non-hydrogen) atoms. The average Bonchev–Trinajstić information content (AvgIpc) is 2.30. The topological polar surface area (TPSA) is 38.9 Å². The lowest BCUT2D eigenvalue weighted by molar-refractivity contribution is 0.797. The maximum atomic E-state index is 5.98. The van der Waals surface area contributed by atoms with Gasteiger partial charge in [0, 0.05) is 32.7 Å². The quantitative estimate of drug-likeness (QED) is 0.931. The summed E-state index contributed by atoms with van der Waals surface area (Å²) in [6, 6.07) is 10.2. The van der Waals surface area contributed by atoms with Crippen molar-refractivity contribution in [3.63, 3.8) is 0 Å². The molecule has 88 valence electrons. The van der Waals surface area contributed by atoms with Crippen LogP contribution in [0.2, 0.25) is 0 Å². The summed E-state index contributed by atoms with van der Waals surface area (Å²) < 4.78 is 1.07. The van der Waals surface area contributed by atoms with Gasteiger partial charge < -0.3 is 5.73 Å². The molecule has 0 aliphatic carbocycles. The van der Waals surface area contributed by atoms with Gasteiger partial charge in [-0.05, 0) is 36.8 Å². The fraction of sp³-hybridized carbons (Fsp3) is 0.154. The van der Waals surface area contributed by atoms with Crippen molar-refractivity contribution in [1.29, 1.82) is 0 Å². The third kappa shape index (κ3) is 3.31. The first kappa shape index (κ1) is 12.6. The number of nitrogens with zero attached hydrogens (tertiary/aromatic N) is 1. The number of benzene rings is 1. The lowest BCUT2D eigenvalue weighted by Crippen LogP contribution is -2.06. The van der Waals surface area contributed by atoms with Crippen LogP contribution in [0.4, 0.5) is 0 Å². The van der Waals surface area contributed by atoms with Crippen LogP contribution in [0.15, 0.2) is 57.0 Å². The third-order valence-electron chi connectivity index (χ3n) is 2.34. The summed E-state index contributed by atoms with van der Waals surface area (Å²) in [5.41, 5.74) is 7.14. The summed E-state index contributed by atoms with van der Waals surface area (Å²) in [7, 11) is 0. The van der Waals surface area contributed by atoms with E-state index in [1.807, 2.05) is 25.1 Å². The number of nitrogens with two attached hydrogens (primary N) is 1. The van der Waals surface area contributed by atoms with E-state index in [4.69, 9.17) is 5.73 Å². The smallest absolute Gasteiger partial charge is 0.0279 e. The van der Waals surface area contributed by atoms with Gasteiger partial charge in [0.05, 0.1) is 0 Å². The maximum Gasteiger partial charge on any atom is 0.0279 e. The second kappa shape index (κ2) is 5.67. The van der Waals surface area contributed by atoms with Gasteiger partial charge in [0.2, 0.25) is 0 Å². The van der Waals surface area contributed by atoms with Gasteiger partial charge in [-0.1, -0.05) is 33.8 Å². The van der Waals surface area contributed by atoms with Gasteiger partial charge in [0.1, 0.15) is 0 Å². The van der Waals surface area contributed by atoms with Gasteiger partial charge in [-0.25, -0.2) is 0 Å². The molecule has 0 radical (unpaired) electrons. The minimum Gasteiger partial charge on any atom is -0.324 e. The molecular weight excluding hydrogens is 296 g/mol. The van der Waals surface area contributed by atoms with Crippen molar-refractivity contribution in [1.82, 2.24) is 4.98 Å². The molecule has 1 atom stereocenters. The monoisotopic (exact) mass is 308 g/mol. The van der Waals surface area contributed by atoms with Crippen LogP contribution >= 0.6 is 27.7 Å². The van der Waals surface area contributed by atoms with E-state index in [1.54, 1.807) is 24.2 Å². The number of hydrogen-bond acceptors (Lipinski definition) is 3. The number of halogens is 1. The lowest BCUT2D eigenvalue weighted by Gasteiger charge is -2.12. The molecule has 1 unspecified atom stereocenters. The molecule has 1 aromatic carbocycles. The largest absolute Gasteiger partial charge is 0.324 e. The van der Waals surface area contributed by atoms with E-state index in [1.165, 1.54) is 9.79 Å². The van der Waals surface area contributed by atoms with Gasteiger partial charge in [-0.15, -0.1) is 0 Å². The van der Waals surface area contributed by atoms with Crippen molar-refractivity contribution in [2.75, 3.05) is 0 Å². The minimum atomic E-state index is 0.0347. The zero-order chi connectivity index (χ0) is 12.3. The molecule has 0 aliphatic heterocycles. The summed E-state index contributed by atoms with van der Waals surface area (Å²) in [4.78, 5) is 6.36. The van der Waals surface area contributed by atoms with E-state index >= 15 is 0 Å². The van der Waals surface area contributed by atoms with E-state index < -0.39 is 0 Å². The van der Waals surface area contributed by atoms with E-state index in [9.17, 15) is 0 Å². The van der Waals surface area contributed by atoms with Crippen LogP contribution in [-0.2, 0) is 0 Å². The normalized spacial score (nSPS) is 12.4. The minimum absolute atomic E-state index is 0.0347. The highest BCUT2D eigenvalue weighted by molar-refractivity contribution is 9.10. The Kier molecular flexibility index (Phi) is 4.20. The predicted octanol–water partition coefficient (Wildman–Crippen LogP) is 4.02. The van der Waals surface area contributed by atoms with Crippen molar-refractivity contribution < 1.29 is 0 Å². The molecule has 2 aromatic rings. The molecule has 4 heteroatoms. The Balaban J connectivity index is 2.34. The molecule has 0 bridgehead atoms. The van der Waals surface area contributed by atoms with E-state index in [-0.39, 0.29) is 6.04 Å². The lowest BCUT2D eigenvalue weighted by atomic mass is 10.1. The Morgan fingerprint density at radius 1 is 1.24 bits per heavy atom. The third-order valence-corrected chi connectivity index (χ3v) is 3.92. The van der Waals surface area contributed by atoms with E-state index in [0.717, 1.165) is 10.0 Å². The highest BCUT2D eigenvalue weighted by atomic mass is 79.9. The van der Waals surface area contributed by atoms with Gasteiger partial charge >= 0.3 is 0 Å². The summed E-state index contributed by atoms with van der Waals surface area (Å²) in [6.07, 6.45) is 3.59. The molecule has 0 saturated heterocycles. The van der Waals surface area contributed by atoms with E-state index in [0.29, 0.717) is 0 Å². The Bertz CT molecular complexity index is 500. The second-order valence-corrected chi connectivity index (χ2v) is 5.79. The molecule has 0 spiro atoms. The molecule has 2 N–H and O–H groups in total.